The molecule has 0 unspecified atom stereocenters. The number of sulfonamides is 1. The minimum Gasteiger partial charge on any atom is -0.342 e. The highest BCUT2D eigenvalue weighted by Crippen LogP contribution is 2.24. The van der Waals surface area contributed by atoms with Crippen LogP contribution in [-0.4, -0.2) is 37.8 Å². The Kier molecular flexibility index (Phi) is 5.94. The van der Waals surface area contributed by atoms with Crippen LogP contribution in [0, 0.1) is 0 Å². The second-order valence-corrected chi connectivity index (χ2v) is 8.27. The lowest BCUT2D eigenvalue weighted by molar-refractivity contribution is 0.0793. The van der Waals surface area contributed by atoms with E-state index < -0.39 is 10.0 Å². The first-order valence-electron chi connectivity index (χ1n) is 9.14. The van der Waals surface area contributed by atoms with Crippen LogP contribution in [0.3, 0.4) is 0 Å². The third kappa shape index (κ3) is 4.31. The van der Waals surface area contributed by atoms with Crippen molar-refractivity contribution in [3.05, 3.63) is 66.4 Å². The van der Waals surface area contributed by atoms with Gasteiger partial charge in [0.1, 0.15) is 0 Å². The number of para-hydroxylation sites is 1. The molecule has 3 aromatic rings. The number of aromatic nitrogens is 1. The smallest absolute Gasteiger partial charge is 0.261 e. The minimum absolute atomic E-state index is 0.0909. The number of carbonyl (C=O) groups excluding carboxylic acids is 1. The van der Waals surface area contributed by atoms with E-state index in [9.17, 15) is 13.2 Å². The number of anilines is 1. The van der Waals surface area contributed by atoms with Gasteiger partial charge in [-0.15, -0.1) is 0 Å². The molecule has 0 aliphatic carbocycles. The Labute approximate surface area is 165 Å². The molecule has 6 nitrogen and oxygen atoms in total. The van der Waals surface area contributed by atoms with Crippen molar-refractivity contribution in [1.82, 2.24) is 9.88 Å². The summed E-state index contributed by atoms with van der Waals surface area (Å²) in [5, 5.41) is 0.846. The third-order valence-corrected chi connectivity index (χ3v) is 5.86. The molecule has 0 aliphatic heterocycles. The standard InChI is InChI=1S/C21H23N3O3S/c1-3-4-15-24(2)21(25)17-10-12-18(13-11-17)28(26,27)23-19-9-5-7-16-8-6-14-22-20(16)19/h5-14,23H,3-4,15H2,1-2H3. The van der Waals surface area contributed by atoms with Crippen LogP contribution < -0.4 is 4.72 Å². The number of rotatable bonds is 7. The lowest BCUT2D eigenvalue weighted by Crippen LogP contribution is -2.27. The zero-order chi connectivity index (χ0) is 20.1. The van der Waals surface area contributed by atoms with Crippen LogP contribution in [0.25, 0.3) is 10.9 Å². The van der Waals surface area contributed by atoms with Gasteiger partial charge < -0.3 is 4.90 Å². The van der Waals surface area contributed by atoms with Gasteiger partial charge in [-0.05, 0) is 42.8 Å². The highest BCUT2D eigenvalue weighted by Gasteiger charge is 2.18. The summed E-state index contributed by atoms with van der Waals surface area (Å²) in [4.78, 5) is 18.4. The summed E-state index contributed by atoms with van der Waals surface area (Å²) < 4.78 is 28.1. The summed E-state index contributed by atoms with van der Waals surface area (Å²) in [6.45, 7) is 2.74. The summed E-state index contributed by atoms with van der Waals surface area (Å²) >= 11 is 0. The molecule has 1 heterocycles. The second kappa shape index (κ2) is 8.39. The van der Waals surface area contributed by atoms with Crippen molar-refractivity contribution in [3.8, 4) is 0 Å². The summed E-state index contributed by atoms with van der Waals surface area (Å²) in [6.07, 6.45) is 3.55. The van der Waals surface area contributed by atoms with E-state index in [1.165, 1.54) is 12.1 Å². The van der Waals surface area contributed by atoms with E-state index in [0.29, 0.717) is 23.3 Å². The lowest BCUT2D eigenvalue weighted by atomic mass is 10.2. The Hall–Kier alpha value is -2.93. The number of hydrogen-bond acceptors (Lipinski definition) is 4. The van der Waals surface area contributed by atoms with Crippen molar-refractivity contribution in [3.63, 3.8) is 0 Å². The predicted octanol–water partition coefficient (Wildman–Crippen LogP) is 3.91. The van der Waals surface area contributed by atoms with Crippen LogP contribution in [0.5, 0.6) is 0 Å². The van der Waals surface area contributed by atoms with E-state index in [1.807, 2.05) is 12.1 Å². The quantitative estimate of drug-likeness (QED) is 0.656. The van der Waals surface area contributed by atoms with E-state index >= 15 is 0 Å². The fraction of sp³-hybridized carbons (Fsp3) is 0.238. The highest BCUT2D eigenvalue weighted by molar-refractivity contribution is 7.92. The van der Waals surface area contributed by atoms with Gasteiger partial charge in [-0.3, -0.25) is 14.5 Å². The maximum Gasteiger partial charge on any atom is 0.261 e. The van der Waals surface area contributed by atoms with Crippen LogP contribution in [0.2, 0.25) is 0 Å². The number of carbonyl (C=O) groups is 1. The van der Waals surface area contributed by atoms with Gasteiger partial charge in [0, 0.05) is 30.7 Å². The normalized spacial score (nSPS) is 11.4. The molecule has 0 fully saturated rings. The number of unbranched alkanes of at least 4 members (excludes halogenated alkanes) is 1. The first kappa shape index (κ1) is 19.8. The van der Waals surface area contributed by atoms with Crippen LogP contribution in [0.15, 0.2) is 65.7 Å². The Morgan fingerprint density at radius 3 is 2.50 bits per heavy atom. The van der Waals surface area contributed by atoms with Gasteiger partial charge in [-0.1, -0.05) is 31.5 Å². The molecule has 0 atom stereocenters. The molecule has 1 aromatic heterocycles. The minimum atomic E-state index is -3.80. The Morgan fingerprint density at radius 2 is 1.79 bits per heavy atom. The lowest BCUT2D eigenvalue weighted by Gasteiger charge is -2.17. The zero-order valence-corrected chi connectivity index (χ0v) is 16.7. The van der Waals surface area contributed by atoms with Gasteiger partial charge in [-0.2, -0.15) is 0 Å². The van der Waals surface area contributed by atoms with Crippen molar-refractivity contribution in [2.24, 2.45) is 0 Å². The van der Waals surface area contributed by atoms with Crippen molar-refractivity contribution in [2.45, 2.75) is 24.7 Å². The molecule has 3 rings (SSSR count). The topological polar surface area (TPSA) is 79.4 Å². The maximum absolute atomic E-state index is 12.8. The average molecular weight is 398 g/mol. The number of hydrogen-bond donors (Lipinski definition) is 1. The molecule has 0 bridgehead atoms. The monoisotopic (exact) mass is 397 g/mol. The van der Waals surface area contributed by atoms with Gasteiger partial charge in [-0.25, -0.2) is 8.42 Å². The Morgan fingerprint density at radius 1 is 1.07 bits per heavy atom. The molecular weight excluding hydrogens is 374 g/mol. The van der Waals surface area contributed by atoms with Crippen LogP contribution >= 0.6 is 0 Å². The largest absolute Gasteiger partial charge is 0.342 e. The average Bonchev–Trinajstić information content (AvgIpc) is 2.71. The molecular formula is C21H23N3O3S. The number of fused-ring (bicyclic) bond motifs is 1. The van der Waals surface area contributed by atoms with Crippen LogP contribution in [0.1, 0.15) is 30.1 Å². The molecule has 0 saturated heterocycles. The molecule has 146 valence electrons. The van der Waals surface area contributed by atoms with E-state index in [4.69, 9.17) is 0 Å². The molecule has 0 saturated carbocycles. The van der Waals surface area contributed by atoms with Crippen molar-refractivity contribution in [2.75, 3.05) is 18.3 Å². The second-order valence-electron chi connectivity index (χ2n) is 6.59. The fourth-order valence-electron chi connectivity index (χ4n) is 2.88. The van der Waals surface area contributed by atoms with E-state index in [0.717, 1.165) is 18.2 Å². The maximum atomic E-state index is 12.8. The van der Waals surface area contributed by atoms with E-state index in [2.05, 4.69) is 16.6 Å². The number of benzene rings is 2. The molecule has 1 amide bonds. The summed E-state index contributed by atoms with van der Waals surface area (Å²) in [7, 11) is -2.05. The number of amides is 1. The fourth-order valence-corrected chi connectivity index (χ4v) is 3.95. The number of nitrogens with one attached hydrogen (secondary N) is 1. The molecule has 0 spiro atoms. The van der Waals surface area contributed by atoms with Gasteiger partial charge in [0.05, 0.1) is 16.1 Å². The van der Waals surface area contributed by atoms with E-state index in [1.54, 1.807) is 48.5 Å². The Balaban J connectivity index is 1.81. The summed E-state index contributed by atoms with van der Waals surface area (Å²) in [5.74, 6) is -0.122. The molecule has 0 aliphatic rings. The van der Waals surface area contributed by atoms with Gasteiger partial charge in [0.15, 0.2) is 0 Å². The molecule has 0 radical (unpaired) electrons. The summed E-state index contributed by atoms with van der Waals surface area (Å²) in [6, 6.07) is 15.0. The highest BCUT2D eigenvalue weighted by atomic mass is 32.2. The first-order valence-corrected chi connectivity index (χ1v) is 10.6. The Bertz CT molecular complexity index is 1070. The molecule has 28 heavy (non-hydrogen) atoms. The number of nitrogens with zero attached hydrogens (tertiary/aromatic N) is 2. The van der Waals surface area contributed by atoms with Gasteiger partial charge in [0.2, 0.25) is 0 Å². The van der Waals surface area contributed by atoms with E-state index in [-0.39, 0.29) is 10.8 Å². The zero-order valence-electron chi connectivity index (χ0n) is 15.9. The first-order chi connectivity index (χ1) is 13.4. The third-order valence-electron chi connectivity index (χ3n) is 4.48. The predicted molar refractivity (Wildman–Crippen MR) is 111 cm³/mol. The molecule has 2 aromatic carbocycles. The van der Waals surface area contributed by atoms with Crippen LogP contribution in [0.4, 0.5) is 5.69 Å². The van der Waals surface area contributed by atoms with Crippen molar-refractivity contribution in [1.29, 1.82) is 0 Å². The molecule has 1 N–H and O–H groups in total. The van der Waals surface area contributed by atoms with Crippen molar-refractivity contribution < 1.29 is 13.2 Å². The van der Waals surface area contributed by atoms with Crippen molar-refractivity contribution >= 4 is 32.5 Å². The SMILES string of the molecule is CCCCN(C)C(=O)c1ccc(S(=O)(=O)Nc2cccc3cccnc23)cc1. The molecule has 7 heteroatoms. The van der Waals surface area contributed by atoms with Gasteiger partial charge >= 0.3 is 0 Å². The van der Waals surface area contributed by atoms with Crippen LogP contribution in [-0.2, 0) is 10.0 Å². The summed E-state index contributed by atoms with van der Waals surface area (Å²) in [5.41, 5.74) is 1.46. The van der Waals surface area contributed by atoms with Gasteiger partial charge in [0.25, 0.3) is 15.9 Å². The number of pyridine rings is 1.